The molecule has 1 aliphatic heterocycles. The molecule has 1 atom stereocenters. The summed E-state index contributed by atoms with van der Waals surface area (Å²) in [4.78, 5) is 12.8. The van der Waals surface area contributed by atoms with Gasteiger partial charge in [-0.3, -0.25) is 4.79 Å². The predicted octanol–water partition coefficient (Wildman–Crippen LogP) is 2.84. The van der Waals surface area contributed by atoms with Crippen molar-refractivity contribution in [1.29, 1.82) is 0 Å². The molecule has 1 amide bonds. The van der Waals surface area contributed by atoms with Crippen LogP contribution in [-0.2, 0) is 21.2 Å². The topological polar surface area (TPSA) is 92.3 Å². The number of aromatic nitrogens is 2. The van der Waals surface area contributed by atoms with Gasteiger partial charge in [0, 0.05) is 19.6 Å². The van der Waals surface area contributed by atoms with Gasteiger partial charge in [0.2, 0.25) is 15.9 Å². The summed E-state index contributed by atoms with van der Waals surface area (Å²) in [6.07, 6.45) is 3.10. The zero-order valence-corrected chi connectivity index (χ0v) is 18.2. The van der Waals surface area contributed by atoms with Gasteiger partial charge in [-0.15, -0.1) is 0 Å². The Morgan fingerprint density at radius 3 is 2.80 bits per heavy atom. The number of hydrogen-bond donors (Lipinski definition) is 1. The fourth-order valence-corrected chi connectivity index (χ4v) is 6.07. The Morgan fingerprint density at radius 2 is 1.97 bits per heavy atom. The van der Waals surface area contributed by atoms with Crippen LogP contribution in [0.25, 0.3) is 11.0 Å². The number of carbonyl (C=O) groups is 1. The number of fused-ring (bicyclic) bond motifs is 1. The first-order valence-corrected chi connectivity index (χ1v) is 12.3. The summed E-state index contributed by atoms with van der Waals surface area (Å²) in [6, 6.07) is 15.1. The molecular weight excluding hydrogens is 420 g/mol. The van der Waals surface area contributed by atoms with Gasteiger partial charge in [-0.25, -0.2) is 8.42 Å². The number of benzene rings is 2. The molecule has 7 nitrogen and oxygen atoms in total. The Labute approximate surface area is 180 Å². The van der Waals surface area contributed by atoms with Crippen LogP contribution >= 0.6 is 11.7 Å². The second-order valence-electron chi connectivity index (χ2n) is 7.47. The van der Waals surface area contributed by atoms with Gasteiger partial charge in [-0.05, 0) is 43.4 Å². The summed E-state index contributed by atoms with van der Waals surface area (Å²) in [6.45, 7) is 1.19. The maximum Gasteiger partial charge on any atom is 0.245 e. The first-order valence-electron chi connectivity index (χ1n) is 10.1. The largest absolute Gasteiger partial charge is 0.356 e. The Hall–Kier alpha value is -2.36. The molecule has 0 saturated carbocycles. The zero-order valence-electron chi connectivity index (χ0n) is 16.5. The number of piperidine rings is 1. The van der Waals surface area contributed by atoms with E-state index in [9.17, 15) is 13.2 Å². The maximum absolute atomic E-state index is 13.2. The SMILES string of the molecule is O=C(NCCCc1ccccc1)C1CCCN(S(=O)(=O)c2cccc3nsnc23)C1. The van der Waals surface area contributed by atoms with Crippen molar-refractivity contribution in [1.82, 2.24) is 18.4 Å². The monoisotopic (exact) mass is 444 g/mol. The third-order valence-corrected chi connectivity index (χ3v) is 7.85. The lowest BCUT2D eigenvalue weighted by Gasteiger charge is -2.31. The maximum atomic E-state index is 13.2. The molecule has 0 aliphatic carbocycles. The molecule has 1 fully saturated rings. The molecule has 1 aromatic heterocycles. The molecule has 0 bridgehead atoms. The van der Waals surface area contributed by atoms with Gasteiger partial charge < -0.3 is 5.32 Å². The van der Waals surface area contributed by atoms with Crippen molar-refractivity contribution in [2.45, 2.75) is 30.6 Å². The van der Waals surface area contributed by atoms with E-state index in [-0.39, 0.29) is 23.3 Å². The summed E-state index contributed by atoms with van der Waals surface area (Å²) in [5, 5.41) is 2.98. The van der Waals surface area contributed by atoms with Crippen molar-refractivity contribution in [3.8, 4) is 0 Å². The molecule has 1 saturated heterocycles. The van der Waals surface area contributed by atoms with Crippen LogP contribution in [0, 0.1) is 5.92 Å². The van der Waals surface area contributed by atoms with Crippen LogP contribution in [0.2, 0.25) is 0 Å². The van der Waals surface area contributed by atoms with E-state index in [1.807, 2.05) is 18.2 Å². The first kappa shape index (κ1) is 20.9. The van der Waals surface area contributed by atoms with E-state index >= 15 is 0 Å². The zero-order chi connectivity index (χ0) is 21.0. The van der Waals surface area contributed by atoms with Gasteiger partial charge in [0.1, 0.15) is 15.9 Å². The molecule has 1 unspecified atom stereocenters. The van der Waals surface area contributed by atoms with Crippen LogP contribution in [0.5, 0.6) is 0 Å². The number of carbonyl (C=O) groups excluding carboxylic acids is 1. The molecule has 4 rings (SSSR count). The lowest BCUT2D eigenvalue weighted by atomic mass is 9.99. The average molecular weight is 445 g/mol. The molecule has 3 aromatic rings. The van der Waals surface area contributed by atoms with Crippen LogP contribution < -0.4 is 5.32 Å². The molecule has 2 heterocycles. The second-order valence-corrected chi connectivity index (χ2v) is 9.91. The van der Waals surface area contributed by atoms with E-state index in [0.717, 1.165) is 24.6 Å². The second kappa shape index (κ2) is 9.20. The fraction of sp³-hybridized carbons (Fsp3) is 0.381. The number of nitrogens with zero attached hydrogens (tertiary/aromatic N) is 3. The molecule has 1 aliphatic rings. The lowest BCUT2D eigenvalue weighted by Crippen LogP contribution is -2.45. The van der Waals surface area contributed by atoms with E-state index in [1.165, 1.54) is 9.87 Å². The van der Waals surface area contributed by atoms with Crippen LogP contribution in [-0.4, -0.2) is 47.0 Å². The van der Waals surface area contributed by atoms with Gasteiger partial charge in [0.15, 0.2) is 0 Å². The highest BCUT2D eigenvalue weighted by atomic mass is 32.2. The Bertz CT molecular complexity index is 1120. The number of nitrogens with one attached hydrogen (secondary N) is 1. The van der Waals surface area contributed by atoms with Gasteiger partial charge in [-0.2, -0.15) is 13.1 Å². The van der Waals surface area contributed by atoms with Gasteiger partial charge >= 0.3 is 0 Å². The molecule has 0 radical (unpaired) electrons. The molecule has 30 heavy (non-hydrogen) atoms. The fourth-order valence-electron chi connectivity index (χ4n) is 3.80. The minimum atomic E-state index is -3.73. The van der Waals surface area contributed by atoms with E-state index < -0.39 is 10.0 Å². The summed E-state index contributed by atoms with van der Waals surface area (Å²) in [5.41, 5.74) is 2.22. The van der Waals surface area contributed by atoms with Crippen LogP contribution in [0.4, 0.5) is 0 Å². The average Bonchev–Trinajstić information content (AvgIpc) is 3.26. The number of aryl methyl sites for hydroxylation is 1. The molecule has 1 N–H and O–H groups in total. The minimum absolute atomic E-state index is 0.0727. The normalized spacial score (nSPS) is 17.8. The Morgan fingerprint density at radius 1 is 1.13 bits per heavy atom. The van der Waals surface area contributed by atoms with E-state index in [0.29, 0.717) is 37.0 Å². The summed E-state index contributed by atoms with van der Waals surface area (Å²) in [5.74, 6) is -0.408. The predicted molar refractivity (Wildman–Crippen MR) is 117 cm³/mol. The molecule has 158 valence electrons. The quantitative estimate of drug-likeness (QED) is 0.566. The van der Waals surface area contributed by atoms with Crippen LogP contribution in [0.1, 0.15) is 24.8 Å². The van der Waals surface area contributed by atoms with Crippen LogP contribution in [0.3, 0.4) is 0 Å². The first-order chi connectivity index (χ1) is 14.6. The number of rotatable bonds is 7. The van der Waals surface area contributed by atoms with E-state index in [1.54, 1.807) is 18.2 Å². The van der Waals surface area contributed by atoms with E-state index in [4.69, 9.17) is 0 Å². The van der Waals surface area contributed by atoms with Crippen molar-refractivity contribution in [3.05, 3.63) is 54.1 Å². The summed E-state index contributed by atoms with van der Waals surface area (Å²) in [7, 11) is -3.73. The highest BCUT2D eigenvalue weighted by Crippen LogP contribution is 2.28. The number of sulfonamides is 1. The minimum Gasteiger partial charge on any atom is -0.356 e. The molecule has 0 spiro atoms. The van der Waals surface area contributed by atoms with Crippen LogP contribution in [0.15, 0.2) is 53.4 Å². The molecule has 2 aromatic carbocycles. The Kier molecular flexibility index (Phi) is 6.40. The third kappa shape index (κ3) is 4.53. The van der Waals surface area contributed by atoms with Crippen molar-refractivity contribution < 1.29 is 13.2 Å². The Balaban J connectivity index is 1.36. The smallest absolute Gasteiger partial charge is 0.245 e. The molecular formula is C21H24N4O3S2. The van der Waals surface area contributed by atoms with Gasteiger partial charge in [0.05, 0.1) is 17.6 Å². The van der Waals surface area contributed by atoms with Crippen molar-refractivity contribution in [3.63, 3.8) is 0 Å². The standard InChI is InChI=1S/C21H24N4O3S2/c26-21(22-13-5-9-16-7-2-1-3-8-16)17-10-6-14-25(15-17)30(27,28)19-12-4-11-18-20(19)24-29-23-18/h1-4,7-8,11-12,17H,5-6,9-10,13-15H2,(H,22,26). The highest BCUT2D eigenvalue weighted by molar-refractivity contribution is 7.89. The van der Waals surface area contributed by atoms with Gasteiger partial charge in [-0.1, -0.05) is 36.4 Å². The van der Waals surface area contributed by atoms with Crippen molar-refractivity contribution in [2.75, 3.05) is 19.6 Å². The third-order valence-electron chi connectivity index (χ3n) is 5.41. The molecule has 9 heteroatoms. The number of amides is 1. The van der Waals surface area contributed by atoms with E-state index in [2.05, 4.69) is 26.2 Å². The van der Waals surface area contributed by atoms with Crippen molar-refractivity contribution in [2.24, 2.45) is 5.92 Å². The summed E-state index contributed by atoms with van der Waals surface area (Å²) < 4.78 is 36.1. The van der Waals surface area contributed by atoms with Crippen molar-refractivity contribution >= 4 is 38.7 Å². The highest BCUT2D eigenvalue weighted by Gasteiger charge is 2.34. The lowest BCUT2D eigenvalue weighted by molar-refractivity contribution is -0.126. The number of hydrogen-bond acceptors (Lipinski definition) is 6. The van der Waals surface area contributed by atoms with Gasteiger partial charge in [0.25, 0.3) is 0 Å². The summed E-state index contributed by atoms with van der Waals surface area (Å²) >= 11 is 0.998.